The zero-order valence-corrected chi connectivity index (χ0v) is 10.00. The third-order valence-electron chi connectivity index (χ3n) is 2.64. The summed E-state index contributed by atoms with van der Waals surface area (Å²) < 4.78 is 4.85. The quantitative estimate of drug-likeness (QED) is 0.499. The molecule has 1 rings (SSSR count). The first-order valence-electron chi connectivity index (χ1n) is 5.98. The largest absolute Gasteiger partial charge is 0.383 e. The SMILES string of the molecule is COCCNC(=O)CCNC1C=CCCC1. The second kappa shape index (κ2) is 8.30. The predicted octanol–water partition coefficient (Wildman–Crippen LogP) is 0.837. The highest BCUT2D eigenvalue weighted by Gasteiger charge is 2.07. The Hall–Kier alpha value is -0.870. The Morgan fingerprint density at radius 3 is 3.06 bits per heavy atom. The Balaban J connectivity index is 1.99. The standard InChI is InChI=1S/C12H22N2O2/c1-16-10-9-14-12(15)7-8-13-11-5-3-2-4-6-11/h3,5,11,13H,2,4,6-10H2,1H3,(H,14,15). The van der Waals surface area contributed by atoms with Gasteiger partial charge in [-0.2, -0.15) is 0 Å². The smallest absolute Gasteiger partial charge is 0.221 e. The van der Waals surface area contributed by atoms with E-state index in [0.717, 1.165) is 6.54 Å². The lowest BCUT2D eigenvalue weighted by Gasteiger charge is -2.17. The van der Waals surface area contributed by atoms with Crippen molar-refractivity contribution >= 4 is 5.91 Å². The maximum atomic E-state index is 11.3. The van der Waals surface area contributed by atoms with Crippen LogP contribution in [0.4, 0.5) is 0 Å². The lowest BCUT2D eigenvalue weighted by atomic mass is 10.0. The molecule has 1 atom stereocenters. The van der Waals surface area contributed by atoms with Gasteiger partial charge < -0.3 is 15.4 Å². The molecule has 0 aromatic heterocycles. The molecule has 0 saturated carbocycles. The van der Waals surface area contributed by atoms with Crippen LogP contribution in [0.2, 0.25) is 0 Å². The fourth-order valence-electron chi connectivity index (χ4n) is 1.73. The van der Waals surface area contributed by atoms with Crippen molar-refractivity contribution in [1.82, 2.24) is 10.6 Å². The van der Waals surface area contributed by atoms with Crippen LogP contribution in [0.25, 0.3) is 0 Å². The Bertz CT molecular complexity index is 229. The number of hydrogen-bond acceptors (Lipinski definition) is 3. The summed E-state index contributed by atoms with van der Waals surface area (Å²) in [6.45, 7) is 1.91. The second-order valence-electron chi connectivity index (χ2n) is 4.01. The van der Waals surface area contributed by atoms with Crippen molar-refractivity contribution in [1.29, 1.82) is 0 Å². The number of ether oxygens (including phenoxy) is 1. The average Bonchev–Trinajstić information content (AvgIpc) is 2.31. The van der Waals surface area contributed by atoms with Crippen LogP contribution in [0.3, 0.4) is 0 Å². The van der Waals surface area contributed by atoms with E-state index in [2.05, 4.69) is 22.8 Å². The van der Waals surface area contributed by atoms with E-state index < -0.39 is 0 Å². The van der Waals surface area contributed by atoms with Crippen LogP contribution in [0.15, 0.2) is 12.2 Å². The summed E-state index contributed by atoms with van der Waals surface area (Å²) in [6, 6.07) is 0.459. The van der Waals surface area contributed by atoms with Crippen LogP contribution in [0, 0.1) is 0 Å². The molecule has 0 fully saturated rings. The highest BCUT2D eigenvalue weighted by Crippen LogP contribution is 2.09. The molecule has 2 N–H and O–H groups in total. The zero-order chi connectivity index (χ0) is 11.6. The van der Waals surface area contributed by atoms with Crippen LogP contribution in [0.1, 0.15) is 25.7 Å². The van der Waals surface area contributed by atoms with Crippen molar-refractivity contribution < 1.29 is 9.53 Å². The van der Waals surface area contributed by atoms with Crippen LogP contribution < -0.4 is 10.6 Å². The van der Waals surface area contributed by atoms with Crippen molar-refractivity contribution in [2.75, 3.05) is 26.8 Å². The lowest BCUT2D eigenvalue weighted by Crippen LogP contribution is -2.34. The first-order valence-corrected chi connectivity index (χ1v) is 5.98. The topological polar surface area (TPSA) is 50.4 Å². The molecule has 0 aliphatic heterocycles. The van der Waals surface area contributed by atoms with Gasteiger partial charge in [-0.1, -0.05) is 12.2 Å². The minimum Gasteiger partial charge on any atom is -0.383 e. The lowest BCUT2D eigenvalue weighted by molar-refractivity contribution is -0.121. The van der Waals surface area contributed by atoms with Gasteiger partial charge in [0.25, 0.3) is 0 Å². The molecule has 0 spiro atoms. The summed E-state index contributed by atoms with van der Waals surface area (Å²) in [5, 5.41) is 6.16. The molecule has 0 bridgehead atoms. The first-order chi connectivity index (χ1) is 7.83. The molecule has 4 nitrogen and oxygen atoms in total. The number of carbonyl (C=O) groups excluding carboxylic acids is 1. The molecule has 92 valence electrons. The van der Waals surface area contributed by atoms with Gasteiger partial charge in [-0.3, -0.25) is 4.79 Å². The molecule has 0 aromatic rings. The zero-order valence-electron chi connectivity index (χ0n) is 10.00. The Morgan fingerprint density at radius 1 is 1.50 bits per heavy atom. The second-order valence-corrected chi connectivity index (χ2v) is 4.01. The fourth-order valence-corrected chi connectivity index (χ4v) is 1.73. The van der Waals surface area contributed by atoms with Crippen LogP contribution in [0.5, 0.6) is 0 Å². The molecule has 1 unspecified atom stereocenters. The van der Waals surface area contributed by atoms with E-state index >= 15 is 0 Å². The maximum Gasteiger partial charge on any atom is 0.221 e. The normalized spacial score (nSPS) is 19.7. The van der Waals surface area contributed by atoms with Crippen molar-refractivity contribution in [3.63, 3.8) is 0 Å². The molecule has 0 aromatic carbocycles. The third-order valence-corrected chi connectivity index (χ3v) is 2.64. The number of carbonyl (C=O) groups is 1. The fraction of sp³-hybridized carbons (Fsp3) is 0.750. The Labute approximate surface area is 97.4 Å². The minimum atomic E-state index is 0.0874. The van der Waals surface area contributed by atoms with Crippen molar-refractivity contribution in [2.45, 2.75) is 31.7 Å². The predicted molar refractivity (Wildman–Crippen MR) is 64.3 cm³/mol. The summed E-state index contributed by atoms with van der Waals surface area (Å²) >= 11 is 0. The van der Waals surface area contributed by atoms with E-state index in [0.29, 0.717) is 25.6 Å². The summed E-state index contributed by atoms with van der Waals surface area (Å²) in [4.78, 5) is 11.3. The van der Waals surface area contributed by atoms with E-state index in [-0.39, 0.29) is 5.91 Å². The van der Waals surface area contributed by atoms with Gasteiger partial charge in [0.05, 0.1) is 6.61 Å². The molecule has 1 aliphatic rings. The van der Waals surface area contributed by atoms with E-state index in [4.69, 9.17) is 4.74 Å². The summed E-state index contributed by atoms with van der Waals surface area (Å²) in [5.74, 6) is 0.0874. The van der Waals surface area contributed by atoms with Crippen LogP contribution >= 0.6 is 0 Å². The third kappa shape index (κ3) is 5.88. The molecule has 1 amide bonds. The highest BCUT2D eigenvalue weighted by molar-refractivity contribution is 5.76. The van der Waals surface area contributed by atoms with Gasteiger partial charge in [-0.15, -0.1) is 0 Å². The molecule has 16 heavy (non-hydrogen) atoms. The number of allylic oxidation sites excluding steroid dienone is 1. The number of hydrogen-bond donors (Lipinski definition) is 2. The van der Waals surface area contributed by atoms with Gasteiger partial charge >= 0.3 is 0 Å². The molecular weight excluding hydrogens is 204 g/mol. The minimum absolute atomic E-state index is 0.0874. The number of amides is 1. The molecule has 0 saturated heterocycles. The van der Waals surface area contributed by atoms with Gasteiger partial charge in [-0.25, -0.2) is 0 Å². The molecular formula is C12H22N2O2. The number of nitrogens with one attached hydrogen (secondary N) is 2. The van der Waals surface area contributed by atoms with Crippen LogP contribution in [-0.4, -0.2) is 38.8 Å². The summed E-state index contributed by atoms with van der Waals surface area (Å²) in [7, 11) is 1.63. The van der Waals surface area contributed by atoms with Gasteiger partial charge in [-0.05, 0) is 19.3 Å². The molecule has 0 radical (unpaired) electrons. The molecule has 0 heterocycles. The van der Waals surface area contributed by atoms with E-state index in [1.807, 2.05) is 0 Å². The highest BCUT2D eigenvalue weighted by atomic mass is 16.5. The Kier molecular flexibility index (Phi) is 6.85. The summed E-state index contributed by atoms with van der Waals surface area (Å²) in [5.41, 5.74) is 0. The monoisotopic (exact) mass is 226 g/mol. The van der Waals surface area contributed by atoms with Gasteiger partial charge in [0.2, 0.25) is 5.91 Å². The summed E-state index contributed by atoms with van der Waals surface area (Å²) in [6.07, 6.45) is 8.56. The van der Waals surface area contributed by atoms with Gasteiger partial charge in [0.15, 0.2) is 0 Å². The van der Waals surface area contributed by atoms with Crippen molar-refractivity contribution in [3.05, 3.63) is 12.2 Å². The van der Waals surface area contributed by atoms with Crippen molar-refractivity contribution in [2.24, 2.45) is 0 Å². The van der Waals surface area contributed by atoms with E-state index in [1.54, 1.807) is 7.11 Å². The van der Waals surface area contributed by atoms with E-state index in [1.165, 1.54) is 19.3 Å². The van der Waals surface area contributed by atoms with Gasteiger partial charge in [0, 0.05) is 32.7 Å². The molecule has 4 heteroatoms. The van der Waals surface area contributed by atoms with Crippen LogP contribution in [-0.2, 0) is 9.53 Å². The van der Waals surface area contributed by atoms with E-state index in [9.17, 15) is 4.79 Å². The number of rotatable bonds is 7. The molecule has 1 aliphatic carbocycles. The van der Waals surface area contributed by atoms with Crippen molar-refractivity contribution in [3.8, 4) is 0 Å². The van der Waals surface area contributed by atoms with Gasteiger partial charge in [0.1, 0.15) is 0 Å². The average molecular weight is 226 g/mol. The number of methoxy groups -OCH3 is 1. The maximum absolute atomic E-state index is 11.3. The Morgan fingerprint density at radius 2 is 2.38 bits per heavy atom. The first kappa shape index (κ1) is 13.2.